The third kappa shape index (κ3) is 38.4. The number of nitrogens with two attached hydrogens (primary N) is 8. The predicted octanol–water partition coefficient (Wildman–Crippen LogP) is -11.3. The molecule has 148 heavy (non-hydrogen) atoms. The van der Waals surface area contributed by atoms with Gasteiger partial charge in [-0.3, -0.25) is 38.4 Å². The lowest BCUT2D eigenvalue weighted by Crippen LogP contribution is -2.68. The average molecular weight is 2290 g/mol. The lowest BCUT2D eigenvalue weighted by Gasteiger charge is -2.50. The number of aliphatic hydroxyl groups is 16. The minimum atomic E-state index is -2.37. The maximum Gasteiger partial charge on any atom is 0.320 e. The molecule has 0 radical (unpaired) electrons. The first-order valence-electron chi connectivity index (χ1n) is 47.8. The number of hydrogen-bond acceptors (Lipinski definition) is 56. The molecule has 8 rings (SSSR count). The molecule has 8 aliphatic rings. The van der Waals surface area contributed by atoms with Crippen molar-refractivity contribution >= 4 is 142 Å². The van der Waals surface area contributed by atoms with Crippen molar-refractivity contribution in [2.75, 3.05) is 98.7 Å². The van der Waals surface area contributed by atoms with E-state index in [1.807, 2.05) is 6.92 Å². The Labute approximate surface area is 883 Å². The number of ether oxygens (including phenoxy) is 16. The number of carbonyl (C=O) groups is 8. The van der Waals surface area contributed by atoms with Crippen molar-refractivity contribution in [3.63, 3.8) is 0 Å². The number of rotatable bonds is 66. The van der Waals surface area contributed by atoms with Gasteiger partial charge in [-0.2, -0.15) is 94.1 Å². The van der Waals surface area contributed by atoms with E-state index in [9.17, 15) is 161 Å². The second-order valence-corrected chi connectivity index (χ2v) is 45.7. The van der Waals surface area contributed by atoms with Crippen LogP contribution in [-0.2, 0) is 114 Å². The third-order valence-electron chi connectivity index (χ3n) is 25.2. The molecule has 47 atom stereocenters. The van der Waals surface area contributed by atoms with E-state index in [1.165, 1.54) is 11.8 Å². The molecular weight excluding hydrogens is 2150 g/mol. The molecule has 0 spiro atoms. The van der Waals surface area contributed by atoms with Gasteiger partial charge in [-0.05, 0) is 104 Å². The van der Waals surface area contributed by atoms with E-state index in [-0.39, 0.29) is 145 Å². The number of unbranched alkanes of at least 4 members (excludes halogenated alkanes) is 1. The molecule has 8 heterocycles. The number of thioether (sulfide) groups is 8. The van der Waals surface area contributed by atoms with Gasteiger partial charge in [0.1, 0.15) is 183 Å². The van der Waals surface area contributed by atoms with Crippen molar-refractivity contribution in [1.29, 1.82) is 0 Å². The minimum Gasteiger partial charge on any atom is -0.480 e. The molecule has 858 valence electrons. The van der Waals surface area contributed by atoms with Crippen LogP contribution in [0.2, 0.25) is 0 Å². The fraction of sp³-hybridized carbons (Fsp3) is 0.905. The largest absolute Gasteiger partial charge is 0.480 e. The molecule has 0 aromatic heterocycles. The summed E-state index contributed by atoms with van der Waals surface area (Å²) in [7, 11) is 0. The summed E-state index contributed by atoms with van der Waals surface area (Å²) < 4.78 is 100. The summed E-state index contributed by atoms with van der Waals surface area (Å²) in [5, 5.41) is 270. The van der Waals surface area contributed by atoms with E-state index in [0.717, 1.165) is 82.3 Å². The van der Waals surface area contributed by atoms with Crippen LogP contribution in [0.4, 0.5) is 0 Å². The number of hydrogen-bond donors (Lipinski definition) is 32. The van der Waals surface area contributed by atoms with Crippen molar-refractivity contribution in [3.05, 3.63) is 0 Å². The minimum absolute atomic E-state index is 0.00496. The highest BCUT2D eigenvalue weighted by Gasteiger charge is 2.60. The first-order chi connectivity index (χ1) is 70.0. The van der Waals surface area contributed by atoms with E-state index in [2.05, 4.69) is 0 Å². The molecule has 40 N–H and O–H groups in total. The summed E-state index contributed by atoms with van der Waals surface area (Å²) in [6, 6.07) is -10.8. The van der Waals surface area contributed by atoms with E-state index < -0.39 is 347 Å². The quantitative estimate of drug-likeness (QED) is 0.0251. The Bertz CT molecular complexity index is 3940. The van der Waals surface area contributed by atoms with Crippen molar-refractivity contribution in [3.8, 4) is 0 Å². The van der Waals surface area contributed by atoms with Crippen LogP contribution in [0, 0.1) is 0 Å². The zero-order valence-corrected chi connectivity index (χ0v) is 86.9. The molecule has 8 fully saturated rings. The first-order valence-corrected chi connectivity index (χ1v) is 57.0. The highest BCUT2D eigenvalue weighted by atomic mass is 32.2. The summed E-state index contributed by atoms with van der Waals surface area (Å²) in [4.78, 5) is 94.1. The van der Waals surface area contributed by atoms with E-state index >= 15 is 0 Å². The van der Waals surface area contributed by atoms with Crippen molar-refractivity contribution in [2.45, 2.75) is 365 Å². The van der Waals surface area contributed by atoms with E-state index in [4.69, 9.17) is 122 Å². The number of aliphatic hydroxyl groups excluding tert-OH is 16. The van der Waals surface area contributed by atoms with Crippen LogP contribution < -0.4 is 45.9 Å². The van der Waals surface area contributed by atoms with Crippen LogP contribution in [0.3, 0.4) is 0 Å². The van der Waals surface area contributed by atoms with Crippen molar-refractivity contribution in [1.82, 2.24) is 0 Å². The Balaban J connectivity index is 1.06. The van der Waals surface area contributed by atoms with Crippen molar-refractivity contribution in [2.24, 2.45) is 45.9 Å². The fourth-order valence-corrected chi connectivity index (χ4v) is 24.8. The van der Waals surface area contributed by atoms with E-state index in [0.29, 0.717) is 12.8 Å². The summed E-state index contributed by atoms with van der Waals surface area (Å²) in [5.41, 5.74) is 46.5. The molecule has 8 aliphatic heterocycles. The normalized spacial score (nSPS) is 38.0. The van der Waals surface area contributed by atoms with Gasteiger partial charge in [0.25, 0.3) is 0 Å². The highest BCUT2D eigenvalue weighted by molar-refractivity contribution is 8.00. The maximum atomic E-state index is 12.5. The van der Waals surface area contributed by atoms with Crippen LogP contribution in [-0.4, -0.2) is 557 Å². The monoisotopic (exact) mass is 2290 g/mol. The van der Waals surface area contributed by atoms with Gasteiger partial charge in [0.05, 0.1) is 54.9 Å². The second-order valence-electron chi connectivity index (χ2n) is 36.5. The molecule has 56 nitrogen and oxygen atoms in total. The molecule has 64 heteroatoms. The second kappa shape index (κ2) is 64.3. The molecule has 0 aromatic rings. The summed E-state index contributed by atoms with van der Waals surface area (Å²) in [5.74, 6) is -12.7. The summed E-state index contributed by atoms with van der Waals surface area (Å²) in [6.07, 6.45) is -74.5. The summed E-state index contributed by atoms with van der Waals surface area (Å²) in [6.45, 7) is 1.95. The van der Waals surface area contributed by atoms with Crippen LogP contribution in [0.5, 0.6) is 0 Å². The number of aliphatic carboxylic acids is 8. The molecule has 39 unspecified atom stereocenters. The SMILES string of the molecule is CCCCOC1OC(CSCC[C@H](N)C(=O)O)C(OC2OC(CSCC[C@H](N)C(=O)O)C(OC3OC(CSCC[C@H](N)C(=O)O)C(OC4OC(CSCC[C@H](N)C(=O)O)C(OC5OC(CSCC[C@H](N)C(=O)O)C(OC6OC(CSCC[C@H](N)C(=O)O)C(OC7OC(CSCC[C@H](N)C(=O)O)C(OC8OC(CSCC[C@H](N)C(=O)O)CC(O)C8O)C(O)C7O)C(O)C6O)C(O)C5O)C(O)C4O)C(O)C3O)C(O)C2O)C(O)C1O. The van der Waals surface area contributed by atoms with Gasteiger partial charge >= 0.3 is 47.8 Å². The highest BCUT2D eigenvalue weighted by Crippen LogP contribution is 2.43. The van der Waals surface area contributed by atoms with Gasteiger partial charge in [-0.15, -0.1) is 0 Å². The lowest BCUT2D eigenvalue weighted by atomic mass is 9.95. The van der Waals surface area contributed by atoms with Crippen LogP contribution in [0.25, 0.3) is 0 Å². The Morgan fingerprint density at radius 3 is 0.581 bits per heavy atom. The predicted molar refractivity (Wildman–Crippen MR) is 525 cm³/mol. The Kier molecular flexibility index (Phi) is 56.5. The third-order valence-corrected chi connectivity index (χ3v) is 34.0. The maximum absolute atomic E-state index is 12.5. The van der Waals surface area contributed by atoms with E-state index in [1.54, 1.807) is 0 Å². The fourth-order valence-electron chi connectivity index (χ4n) is 16.1. The van der Waals surface area contributed by atoms with Crippen LogP contribution >= 0.6 is 94.1 Å². The Morgan fingerprint density at radius 2 is 0.405 bits per heavy atom. The zero-order chi connectivity index (χ0) is 110. The molecule has 0 aromatic carbocycles. The lowest BCUT2D eigenvalue weighted by molar-refractivity contribution is -0.391. The van der Waals surface area contributed by atoms with Crippen LogP contribution in [0.15, 0.2) is 0 Å². The number of carboxylic acid groups (broad SMARTS) is 8. The molecule has 8 saturated heterocycles. The topological polar surface area (TPSA) is 978 Å². The van der Waals surface area contributed by atoms with Gasteiger partial charge in [0, 0.05) is 59.1 Å². The standard InChI is InChI=1S/C84H146N8O48S8/c1-2-3-12-125-77-55(102)48(95)62(40(127-77)23-142-14-5-32(86)70(111)112)135-79-57(104)50(97)64(42(129-79)25-144-16-7-34(88)72(115)116)137-81-59(106)52(99)66(44(131-81)27-146-18-9-36(90)74(119)120)139-83-61(108)54(101)68(46(133-83)29-148-20-11-38(92)76(123)124)140-84-60(107)53(100)67(45(132-84)28-147-19-10-37(91)75(121)122)138-82-58(105)51(98)65(43(130-82)26-145-17-8-35(89)73(117)118)136-80-56(103)49(96)63(41(128-80)24-143-15-6-33(87)71(113)114)134-78-47(94)39(93)21-30(126-78)22-141-13-4-31(85)69(109)110/h30-68,77-84,93-108H,2-29,85-92H2,1H3,(H,109,110)(H,111,112)(H,113,114)(H,115,116)(H,117,118)(H,119,120)(H,121,122)(H,123,124)/t30?,31-,32-,33-,34-,35-,36-,37-,38-,39?,40?,41?,42?,43?,44?,45?,46?,47?,48?,49?,50?,51?,52?,53?,54?,55?,56?,57?,58?,59?,60?,61?,62?,63?,64?,65?,66?,67?,68?,77?,78?,79?,80?,81?,82?,83?,84?/m0/s1. The molecule has 0 amide bonds. The first kappa shape index (κ1) is 130. The van der Waals surface area contributed by atoms with Gasteiger partial charge in [-0.25, -0.2) is 0 Å². The molecule has 0 saturated carbocycles. The van der Waals surface area contributed by atoms with Crippen LogP contribution in [0.1, 0.15) is 77.6 Å². The molecule has 0 aliphatic carbocycles. The molecular formula is C84H146N8O48S8. The average Bonchev–Trinajstić information content (AvgIpc) is 0.760. The summed E-state index contributed by atoms with van der Waals surface area (Å²) >= 11 is 8.09. The Morgan fingerprint density at radius 1 is 0.243 bits per heavy atom. The van der Waals surface area contributed by atoms with Gasteiger partial charge in [0.15, 0.2) is 50.3 Å². The van der Waals surface area contributed by atoms with Crippen molar-refractivity contribution < 1.29 is 237 Å². The van der Waals surface area contributed by atoms with Gasteiger partial charge < -0.3 is 244 Å². The number of carboxylic acids is 8. The smallest absolute Gasteiger partial charge is 0.320 e. The van der Waals surface area contributed by atoms with Gasteiger partial charge in [-0.1, -0.05) is 13.3 Å². The van der Waals surface area contributed by atoms with Gasteiger partial charge in [0.2, 0.25) is 0 Å². The Hall–Kier alpha value is -3.04. The molecule has 0 bridgehead atoms. The zero-order valence-electron chi connectivity index (χ0n) is 80.4.